The van der Waals surface area contributed by atoms with Gasteiger partial charge in [0.1, 0.15) is 11.3 Å². The van der Waals surface area contributed by atoms with Crippen LogP contribution < -0.4 is 5.56 Å². The third-order valence-electron chi connectivity index (χ3n) is 3.22. The summed E-state index contributed by atoms with van der Waals surface area (Å²) in [5.74, 6) is -1.16. The molecule has 0 saturated carbocycles. The summed E-state index contributed by atoms with van der Waals surface area (Å²) >= 11 is 5.84. The Morgan fingerprint density at radius 2 is 1.90 bits per heavy atom. The first-order valence-electron chi connectivity index (χ1n) is 6.06. The van der Waals surface area contributed by atoms with Gasteiger partial charge in [-0.2, -0.15) is 9.61 Å². The smallest absolute Gasteiger partial charge is 0.352 e. The summed E-state index contributed by atoms with van der Waals surface area (Å²) < 4.78 is 2.59. The minimum atomic E-state index is -1.16. The van der Waals surface area contributed by atoms with Gasteiger partial charge in [0.2, 0.25) is 0 Å². The molecule has 1 aromatic carbocycles. The van der Waals surface area contributed by atoms with E-state index >= 15 is 0 Å². The Hall–Kier alpha value is -2.60. The summed E-state index contributed by atoms with van der Waals surface area (Å²) in [6.45, 7) is 0. The van der Waals surface area contributed by atoms with Crippen LogP contribution >= 0.6 is 11.6 Å². The Labute approximate surface area is 123 Å². The minimum absolute atomic E-state index is 0.0879. The summed E-state index contributed by atoms with van der Waals surface area (Å²) in [5.41, 5.74) is 1.20. The van der Waals surface area contributed by atoms with E-state index in [1.54, 1.807) is 37.4 Å². The molecule has 0 bridgehead atoms. The molecule has 7 heteroatoms. The molecule has 0 unspecified atom stereocenters. The van der Waals surface area contributed by atoms with Gasteiger partial charge in [0.15, 0.2) is 0 Å². The molecule has 3 rings (SSSR count). The third-order valence-corrected chi connectivity index (χ3v) is 3.48. The fraction of sp³-hybridized carbons (Fsp3) is 0.0714. The second-order valence-electron chi connectivity index (χ2n) is 4.54. The second-order valence-corrected chi connectivity index (χ2v) is 4.97. The number of carboxylic acids is 1. The van der Waals surface area contributed by atoms with Gasteiger partial charge in [-0.05, 0) is 12.1 Å². The van der Waals surface area contributed by atoms with Gasteiger partial charge in [-0.3, -0.25) is 4.79 Å². The molecule has 3 aromatic rings. The van der Waals surface area contributed by atoms with Crippen molar-refractivity contribution in [1.82, 2.24) is 14.2 Å². The average Bonchev–Trinajstić information content (AvgIpc) is 2.89. The van der Waals surface area contributed by atoms with Crippen LogP contribution in [-0.2, 0) is 7.05 Å². The standard InChI is InChI=1S/C14H10ClN3O3/c1-17-11(14(20)21)7-13(19)18-12(17)6-10(16-18)8-2-4-9(15)5-3-8/h2-7H,1H3,(H,20,21). The Morgan fingerprint density at radius 1 is 1.24 bits per heavy atom. The zero-order chi connectivity index (χ0) is 15.1. The normalized spacial score (nSPS) is 11.0. The van der Waals surface area contributed by atoms with E-state index in [9.17, 15) is 9.59 Å². The highest BCUT2D eigenvalue weighted by Crippen LogP contribution is 2.21. The average molecular weight is 304 g/mol. The fourth-order valence-electron chi connectivity index (χ4n) is 2.14. The number of carbonyl (C=O) groups is 1. The number of aryl methyl sites for hydroxylation is 1. The molecule has 0 atom stereocenters. The van der Waals surface area contributed by atoms with Crippen LogP contribution in [0.25, 0.3) is 16.9 Å². The lowest BCUT2D eigenvalue weighted by molar-refractivity contribution is 0.0685. The number of fused-ring (bicyclic) bond motifs is 1. The Bertz CT molecular complexity index is 910. The minimum Gasteiger partial charge on any atom is -0.477 e. The summed E-state index contributed by atoms with van der Waals surface area (Å²) in [6, 6.07) is 9.73. The molecule has 0 aliphatic heterocycles. The van der Waals surface area contributed by atoms with Crippen molar-refractivity contribution in [2.45, 2.75) is 0 Å². The van der Waals surface area contributed by atoms with Crippen molar-refractivity contribution in [3.63, 3.8) is 0 Å². The molecule has 106 valence electrons. The number of halogens is 1. The van der Waals surface area contributed by atoms with Gasteiger partial charge in [0, 0.05) is 29.8 Å². The maximum atomic E-state index is 12.0. The van der Waals surface area contributed by atoms with Crippen LogP contribution in [0.5, 0.6) is 0 Å². The van der Waals surface area contributed by atoms with E-state index in [0.29, 0.717) is 16.4 Å². The Kier molecular flexibility index (Phi) is 3.03. The van der Waals surface area contributed by atoms with Gasteiger partial charge in [-0.1, -0.05) is 23.7 Å². The number of aromatic nitrogens is 3. The number of carboxylic acid groups (broad SMARTS) is 1. The molecule has 0 aliphatic carbocycles. The molecule has 0 amide bonds. The molecule has 0 saturated heterocycles. The first kappa shape index (κ1) is 13.4. The van der Waals surface area contributed by atoms with Crippen LogP contribution in [-0.4, -0.2) is 25.3 Å². The van der Waals surface area contributed by atoms with E-state index in [-0.39, 0.29) is 5.69 Å². The molecule has 2 aromatic heterocycles. The van der Waals surface area contributed by atoms with Crippen molar-refractivity contribution < 1.29 is 9.90 Å². The van der Waals surface area contributed by atoms with Crippen LogP contribution in [0, 0.1) is 0 Å². The van der Waals surface area contributed by atoms with Crippen molar-refractivity contribution in [3.8, 4) is 11.3 Å². The SMILES string of the molecule is Cn1c(C(=O)O)cc(=O)n2nc(-c3ccc(Cl)cc3)cc12. The molecule has 0 aliphatic rings. The lowest BCUT2D eigenvalue weighted by Gasteiger charge is -2.05. The molecular formula is C14H10ClN3O3. The molecule has 0 fully saturated rings. The summed E-state index contributed by atoms with van der Waals surface area (Å²) in [5, 5.41) is 13.9. The van der Waals surface area contributed by atoms with Crippen LogP contribution in [0.2, 0.25) is 5.02 Å². The second kappa shape index (κ2) is 4.75. The molecule has 2 heterocycles. The predicted molar refractivity (Wildman–Crippen MR) is 77.8 cm³/mol. The van der Waals surface area contributed by atoms with E-state index in [1.165, 1.54) is 9.08 Å². The van der Waals surface area contributed by atoms with Gasteiger partial charge in [0.05, 0.1) is 5.69 Å². The Balaban J connectivity index is 2.27. The maximum absolute atomic E-state index is 12.0. The van der Waals surface area contributed by atoms with Gasteiger partial charge in [0.25, 0.3) is 5.56 Å². The van der Waals surface area contributed by atoms with Crippen molar-refractivity contribution in [2.24, 2.45) is 7.05 Å². The number of nitrogens with zero attached hydrogens (tertiary/aromatic N) is 3. The highest BCUT2D eigenvalue weighted by atomic mass is 35.5. The number of rotatable bonds is 2. The highest BCUT2D eigenvalue weighted by Gasteiger charge is 2.14. The third kappa shape index (κ3) is 2.19. The lowest BCUT2D eigenvalue weighted by atomic mass is 10.1. The zero-order valence-electron chi connectivity index (χ0n) is 10.9. The highest BCUT2D eigenvalue weighted by molar-refractivity contribution is 6.30. The van der Waals surface area contributed by atoms with Gasteiger partial charge < -0.3 is 9.67 Å². The molecule has 0 radical (unpaired) electrons. The molecule has 1 N–H and O–H groups in total. The van der Waals surface area contributed by atoms with E-state index < -0.39 is 11.5 Å². The molecule has 6 nitrogen and oxygen atoms in total. The number of aromatic carboxylic acids is 1. The van der Waals surface area contributed by atoms with E-state index in [4.69, 9.17) is 16.7 Å². The summed E-state index contributed by atoms with van der Waals surface area (Å²) in [4.78, 5) is 23.1. The molecular weight excluding hydrogens is 294 g/mol. The summed E-state index contributed by atoms with van der Waals surface area (Å²) in [6.07, 6.45) is 0. The van der Waals surface area contributed by atoms with Crippen molar-refractivity contribution in [1.29, 1.82) is 0 Å². The lowest BCUT2D eigenvalue weighted by Crippen LogP contribution is -2.21. The topological polar surface area (TPSA) is 76.6 Å². The van der Waals surface area contributed by atoms with E-state index in [2.05, 4.69) is 5.10 Å². The Morgan fingerprint density at radius 3 is 2.52 bits per heavy atom. The molecule has 21 heavy (non-hydrogen) atoms. The largest absolute Gasteiger partial charge is 0.477 e. The maximum Gasteiger partial charge on any atom is 0.352 e. The van der Waals surface area contributed by atoms with E-state index in [0.717, 1.165) is 11.6 Å². The first-order valence-corrected chi connectivity index (χ1v) is 6.44. The van der Waals surface area contributed by atoms with Crippen molar-refractivity contribution >= 4 is 23.2 Å². The van der Waals surface area contributed by atoms with Crippen LogP contribution in [0.4, 0.5) is 0 Å². The van der Waals surface area contributed by atoms with Gasteiger partial charge in [-0.25, -0.2) is 4.79 Å². The van der Waals surface area contributed by atoms with Gasteiger partial charge in [-0.15, -0.1) is 0 Å². The monoisotopic (exact) mass is 303 g/mol. The van der Waals surface area contributed by atoms with Crippen molar-refractivity contribution in [3.05, 3.63) is 57.5 Å². The van der Waals surface area contributed by atoms with Crippen LogP contribution in [0.3, 0.4) is 0 Å². The summed E-state index contributed by atoms with van der Waals surface area (Å²) in [7, 11) is 1.57. The number of hydrogen-bond acceptors (Lipinski definition) is 3. The quantitative estimate of drug-likeness (QED) is 0.786. The first-order chi connectivity index (χ1) is 9.97. The van der Waals surface area contributed by atoms with Gasteiger partial charge >= 0.3 is 5.97 Å². The fourth-order valence-corrected chi connectivity index (χ4v) is 2.26. The number of benzene rings is 1. The van der Waals surface area contributed by atoms with Crippen LogP contribution in [0.1, 0.15) is 10.5 Å². The predicted octanol–water partition coefficient (Wildman–Crippen LogP) is 2.05. The zero-order valence-corrected chi connectivity index (χ0v) is 11.7. The van der Waals surface area contributed by atoms with E-state index in [1.807, 2.05) is 0 Å². The van der Waals surface area contributed by atoms with Crippen molar-refractivity contribution in [2.75, 3.05) is 0 Å². The molecule has 0 spiro atoms. The number of hydrogen-bond donors (Lipinski definition) is 1. The van der Waals surface area contributed by atoms with Crippen LogP contribution in [0.15, 0.2) is 41.2 Å².